The lowest BCUT2D eigenvalue weighted by atomic mass is 9.61. The molecule has 60 heavy (non-hydrogen) atoms. The number of nitrogens with two attached hydrogens (primary N) is 2. The quantitative estimate of drug-likeness (QED) is 0.203. The highest BCUT2D eigenvalue weighted by Crippen LogP contribution is 2.63. The van der Waals surface area contributed by atoms with Crippen molar-refractivity contribution in [2.24, 2.45) is 32.3 Å². The predicted octanol–water partition coefficient (Wildman–Crippen LogP) is 5.02. The van der Waals surface area contributed by atoms with Crippen LogP contribution in [-0.2, 0) is 38.4 Å². The van der Waals surface area contributed by atoms with Gasteiger partial charge in [-0.15, -0.1) is 0 Å². The molecule has 2 saturated carbocycles. The maximum atomic E-state index is 8.54. The van der Waals surface area contributed by atoms with Gasteiger partial charge in [0.1, 0.15) is 5.54 Å². The van der Waals surface area contributed by atoms with Gasteiger partial charge in [0.15, 0.2) is 5.96 Å². The number of aromatic nitrogens is 2. The Morgan fingerprint density at radius 2 is 1.37 bits per heavy atom. The van der Waals surface area contributed by atoms with Crippen LogP contribution >= 0.6 is 15.9 Å². The van der Waals surface area contributed by atoms with Crippen LogP contribution in [0.25, 0.3) is 11.1 Å². The van der Waals surface area contributed by atoms with E-state index in [-0.39, 0.29) is 16.4 Å². The number of hydroxylamine groups is 2. The fourth-order valence-electron chi connectivity index (χ4n) is 10.8. The van der Waals surface area contributed by atoms with E-state index in [0.29, 0.717) is 29.6 Å². The van der Waals surface area contributed by atoms with Crippen molar-refractivity contribution >= 4 is 40.4 Å². The Hall–Kier alpha value is -4.38. The van der Waals surface area contributed by atoms with E-state index in [0.717, 1.165) is 86.4 Å². The van der Waals surface area contributed by atoms with Crippen molar-refractivity contribution in [3.05, 3.63) is 112 Å². The molecule has 4 aromatic rings. The number of fused-ring (bicyclic) bond motifs is 6. The predicted molar refractivity (Wildman–Crippen MR) is 237 cm³/mol. The van der Waals surface area contributed by atoms with Gasteiger partial charge in [-0.25, -0.2) is 19.9 Å². The van der Waals surface area contributed by atoms with E-state index < -0.39 is 12.8 Å². The molecule has 0 saturated heterocycles. The molecule has 4 aliphatic carbocycles. The van der Waals surface area contributed by atoms with Crippen molar-refractivity contribution < 1.29 is 24.4 Å². The fourth-order valence-corrected chi connectivity index (χ4v) is 11.2. The largest absolute Gasteiger partial charge is 0.490 e. The van der Waals surface area contributed by atoms with Gasteiger partial charge >= 0.3 is 7.12 Å². The lowest BCUT2D eigenvalue weighted by Crippen LogP contribution is -2.47. The van der Waals surface area contributed by atoms with Crippen molar-refractivity contribution in [3.8, 4) is 11.1 Å². The summed E-state index contributed by atoms with van der Waals surface area (Å²) < 4.78 is 12.3. The van der Waals surface area contributed by atoms with Crippen molar-refractivity contribution in [2.75, 3.05) is 34.9 Å². The van der Waals surface area contributed by atoms with E-state index in [1.54, 1.807) is 30.5 Å². The molecule has 316 valence electrons. The van der Waals surface area contributed by atoms with Gasteiger partial charge in [0.2, 0.25) is 11.7 Å². The Labute approximate surface area is 361 Å². The Bertz CT molecular complexity index is 2220. The van der Waals surface area contributed by atoms with Crippen LogP contribution in [0.2, 0.25) is 0 Å². The third-order valence-corrected chi connectivity index (χ3v) is 14.6. The number of methoxy groups -OCH3 is 2. The van der Waals surface area contributed by atoms with Crippen molar-refractivity contribution in [1.29, 1.82) is 0 Å². The second kappa shape index (κ2) is 16.8. The summed E-state index contributed by atoms with van der Waals surface area (Å²) in [5, 5.41) is 18.7. The van der Waals surface area contributed by atoms with Crippen molar-refractivity contribution in [2.45, 2.75) is 87.7 Å². The van der Waals surface area contributed by atoms with Gasteiger partial charge in [0.05, 0.1) is 18.8 Å². The second-order valence-corrected chi connectivity index (χ2v) is 18.2. The molecule has 0 bridgehead atoms. The summed E-state index contributed by atoms with van der Waals surface area (Å²) in [5.41, 5.74) is 19.6. The normalized spacial score (nSPS) is 29.8. The number of rotatable bonds is 4. The molecule has 2 atom stereocenters. The number of benzene rings is 2. The molecular formula is C45H56BBrN8O5. The van der Waals surface area contributed by atoms with Crippen LogP contribution in [0.5, 0.6) is 0 Å². The summed E-state index contributed by atoms with van der Waals surface area (Å²) in [6.45, 7) is 0.861. The molecule has 10 rings (SSSR count). The molecule has 2 aromatic carbocycles. The molecule has 0 radical (unpaired) electrons. The molecule has 6 aliphatic rings. The number of ether oxygens (including phenoxy) is 2. The van der Waals surface area contributed by atoms with Crippen LogP contribution in [0.1, 0.15) is 73.6 Å². The number of pyridine rings is 2. The average Bonchev–Trinajstić information content (AvgIpc) is 3.92. The van der Waals surface area contributed by atoms with Gasteiger partial charge in [0, 0.05) is 79.4 Å². The van der Waals surface area contributed by atoms with E-state index in [1.807, 2.05) is 32.6 Å². The summed E-state index contributed by atoms with van der Waals surface area (Å²) in [6, 6.07) is 20.7. The van der Waals surface area contributed by atoms with Gasteiger partial charge < -0.3 is 35.9 Å². The summed E-state index contributed by atoms with van der Waals surface area (Å²) in [4.78, 5) is 26.4. The number of guanidine groups is 2. The zero-order chi connectivity index (χ0) is 42.3. The van der Waals surface area contributed by atoms with Gasteiger partial charge in [-0.05, 0) is 122 Å². The molecule has 2 fully saturated rings. The minimum Gasteiger partial charge on any atom is -0.423 e. The first-order valence-electron chi connectivity index (χ1n) is 20.9. The van der Waals surface area contributed by atoms with Crippen LogP contribution in [0.15, 0.2) is 99.9 Å². The van der Waals surface area contributed by atoms with E-state index in [1.165, 1.54) is 28.5 Å². The zero-order valence-electron chi connectivity index (χ0n) is 34.9. The Kier molecular flexibility index (Phi) is 11.9. The second-order valence-electron chi connectivity index (χ2n) is 17.2. The monoisotopic (exact) mass is 878 g/mol. The molecule has 0 amide bonds. The van der Waals surface area contributed by atoms with Crippen LogP contribution in [0.4, 0.5) is 0 Å². The Morgan fingerprint density at radius 1 is 0.750 bits per heavy atom. The Morgan fingerprint density at radius 3 is 1.90 bits per heavy atom. The molecule has 6 N–H and O–H groups in total. The first-order chi connectivity index (χ1) is 28.9. The highest BCUT2D eigenvalue weighted by Gasteiger charge is 2.64. The lowest BCUT2D eigenvalue weighted by molar-refractivity contribution is -0.232. The molecule has 15 heteroatoms. The highest BCUT2D eigenvalue weighted by molar-refractivity contribution is 9.10. The number of hydrogen-bond acceptors (Lipinski definition) is 13. The summed E-state index contributed by atoms with van der Waals surface area (Å²) in [7, 11) is 6.12. The van der Waals surface area contributed by atoms with Crippen molar-refractivity contribution in [1.82, 2.24) is 19.9 Å². The Balaban J connectivity index is 0.000000140. The third-order valence-electron chi connectivity index (χ3n) is 14.1. The van der Waals surface area contributed by atoms with Crippen LogP contribution in [0.3, 0.4) is 0 Å². The van der Waals surface area contributed by atoms with E-state index in [4.69, 9.17) is 45.8 Å². The van der Waals surface area contributed by atoms with Crippen LogP contribution in [0, 0.1) is 10.8 Å². The van der Waals surface area contributed by atoms with E-state index in [9.17, 15) is 0 Å². The maximum Gasteiger partial charge on any atom is 0.490 e. The van der Waals surface area contributed by atoms with Gasteiger partial charge in [0.25, 0.3) is 0 Å². The topological polar surface area (TPSA) is 177 Å². The molecule has 2 aromatic heterocycles. The van der Waals surface area contributed by atoms with E-state index in [2.05, 4.69) is 80.3 Å². The number of nitrogens with zero attached hydrogens (tertiary/aromatic N) is 6. The summed E-state index contributed by atoms with van der Waals surface area (Å²) >= 11 is 3.59. The fraction of sp³-hybridized carbons (Fsp3) is 0.467. The molecule has 4 spiro atoms. The summed E-state index contributed by atoms with van der Waals surface area (Å²) in [6.07, 6.45) is 18.1. The number of hydrogen-bond donors (Lipinski definition) is 4. The average molecular weight is 880 g/mol. The lowest BCUT2D eigenvalue weighted by Gasteiger charge is -2.46. The van der Waals surface area contributed by atoms with Crippen LogP contribution < -0.4 is 16.9 Å². The smallest absolute Gasteiger partial charge is 0.423 e. The number of halogens is 1. The number of aliphatic imine (C=N–C) groups is 2. The SMILES string of the molecule is COC1CCC2(CC1)Cc1ccc(-c3cccnc3)cc1C21CN(C)C(N)=N1.COC1CCC2(CC1)Cc1ccc(Br)cc1C21N=C(N)N(C)O1.OB(O)c1cccnc1. The zero-order valence-corrected chi connectivity index (χ0v) is 36.5. The minimum atomic E-state index is -1.40. The van der Waals surface area contributed by atoms with Crippen LogP contribution in [-0.4, -0.2) is 96.1 Å². The van der Waals surface area contributed by atoms with Gasteiger partial charge in [-0.1, -0.05) is 46.3 Å². The standard InChI is InChI=1S/C23H28N4O.C17H22BrN3O2.C5H6BNO2/c1-27-15-23(26-21(27)24)20-12-16(18-4-3-11-25-14-18)5-6-17(20)13-22(23)9-7-19(28-2)8-10-22;1-21-15(19)20-17(23-21)14-9-12(18)4-3-11(14)10-16(17)7-5-13(22-2)6-8-16;8-6(9)5-2-1-3-7-4-5/h3-6,11-12,14,19H,7-10,13,15H2,1-2H3,(H2,24,26);3-4,9,13H,5-8,10H2,1-2H3,(H2,19,20);1-4,8-9H. The first-order valence-corrected chi connectivity index (χ1v) is 21.7. The number of likely N-dealkylation sites (N-methyl/N-ethyl adjacent to an activating group) is 1. The molecule has 13 nitrogen and oxygen atoms in total. The molecular weight excluding hydrogens is 823 g/mol. The van der Waals surface area contributed by atoms with Crippen molar-refractivity contribution in [3.63, 3.8) is 0 Å². The molecule has 2 aliphatic heterocycles. The van der Waals surface area contributed by atoms with Gasteiger partial charge in [-0.2, -0.15) is 0 Å². The summed E-state index contributed by atoms with van der Waals surface area (Å²) in [5.74, 6) is 1.11. The molecule has 2 unspecified atom stereocenters. The maximum absolute atomic E-state index is 8.54. The first kappa shape index (κ1) is 42.3. The minimum absolute atomic E-state index is 0.0411. The van der Waals surface area contributed by atoms with Gasteiger partial charge in [-0.3, -0.25) is 9.97 Å². The molecule has 4 heterocycles. The highest BCUT2D eigenvalue weighted by atomic mass is 79.9. The third kappa shape index (κ3) is 7.40. The van der Waals surface area contributed by atoms with E-state index >= 15 is 0 Å².